The first kappa shape index (κ1) is 19.6. The Labute approximate surface area is 141 Å². The van der Waals surface area contributed by atoms with E-state index in [1.165, 1.54) is 6.07 Å². The van der Waals surface area contributed by atoms with Gasteiger partial charge in [-0.1, -0.05) is 17.7 Å². The number of aryl methyl sites for hydroxylation is 1. The SMILES string of the molecule is Cc1ccc(OC(F)F)c(CNC(=O)CCC2CCNC2)c1.Cl. The molecule has 0 radical (unpaired) electrons. The third-order valence-corrected chi connectivity index (χ3v) is 3.85. The molecule has 1 amide bonds. The van der Waals surface area contributed by atoms with Crippen molar-refractivity contribution in [1.82, 2.24) is 10.6 Å². The number of benzene rings is 1. The molecule has 1 aromatic rings. The Bertz CT molecular complexity index is 509. The maximum absolute atomic E-state index is 12.4. The van der Waals surface area contributed by atoms with Crippen LogP contribution < -0.4 is 15.4 Å². The van der Waals surface area contributed by atoms with Gasteiger partial charge in [-0.05, 0) is 44.8 Å². The number of nitrogens with one attached hydrogen (secondary N) is 2. The quantitative estimate of drug-likeness (QED) is 0.796. The second-order valence-corrected chi connectivity index (χ2v) is 5.66. The fraction of sp³-hybridized carbons (Fsp3) is 0.562. The van der Waals surface area contributed by atoms with E-state index in [1.807, 2.05) is 6.92 Å². The van der Waals surface area contributed by atoms with Crippen LogP contribution in [-0.2, 0) is 11.3 Å². The minimum Gasteiger partial charge on any atom is -0.434 e. The van der Waals surface area contributed by atoms with Gasteiger partial charge in [0.25, 0.3) is 0 Å². The minimum atomic E-state index is -2.87. The van der Waals surface area contributed by atoms with Crippen LogP contribution in [0, 0.1) is 12.8 Å². The fourth-order valence-corrected chi connectivity index (χ4v) is 2.64. The van der Waals surface area contributed by atoms with Crippen molar-refractivity contribution >= 4 is 18.3 Å². The minimum absolute atomic E-state index is 0. The molecule has 1 aliphatic heterocycles. The molecule has 130 valence electrons. The van der Waals surface area contributed by atoms with Crippen molar-refractivity contribution in [3.05, 3.63) is 29.3 Å². The molecule has 4 nitrogen and oxygen atoms in total. The van der Waals surface area contributed by atoms with E-state index >= 15 is 0 Å². The lowest BCUT2D eigenvalue weighted by molar-refractivity contribution is -0.121. The van der Waals surface area contributed by atoms with Crippen molar-refractivity contribution < 1.29 is 18.3 Å². The summed E-state index contributed by atoms with van der Waals surface area (Å²) < 4.78 is 29.2. The van der Waals surface area contributed by atoms with Crippen LogP contribution >= 0.6 is 12.4 Å². The lowest BCUT2D eigenvalue weighted by Gasteiger charge is -2.13. The zero-order chi connectivity index (χ0) is 15.9. The predicted octanol–water partition coefficient (Wildman–Crippen LogP) is 3.02. The van der Waals surface area contributed by atoms with E-state index < -0.39 is 6.61 Å². The Morgan fingerprint density at radius 2 is 2.26 bits per heavy atom. The van der Waals surface area contributed by atoms with E-state index in [9.17, 15) is 13.6 Å². The van der Waals surface area contributed by atoms with Gasteiger partial charge in [0.15, 0.2) is 0 Å². The molecule has 1 aliphatic rings. The number of halogens is 3. The molecule has 7 heteroatoms. The zero-order valence-corrected chi connectivity index (χ0v) is 13.9. The average Bonchev–Trinajstić information content (AvgIpc) is 2.98. The third-order valence-electron chi connectivity index (χ3n) is 3.85. The highest BCUT2D eigenvalue weighted by Crippen LogP contribution is 2.22. The van der Waals surface area contributed by atoms with Crippen LogP contribution in [0.5, 0.6) is 5.75 Å². The van der Waals surface area contributed by atoms with Gasteiger partial charge in [0, 0.05) is 18.5 Å². The summed E-state index contributed by atoms with van der Waals surface area (Å²) in [5.74, 6) is 0.611. The molecule has 23 heavy (non-hydrogen) atoms. The van der Waals surface area contributed by atoms with Crippen LogP contribution in [-0.4, -0.2) is 25.6 Å². The predicted molar refractivity (Wildman–Crippen MR) is 87.1 cm³/mol. The van der Waals surface area contributed by atoms with Gasteiger partial charge in [0.2, 0.25) is 5.91 Å². The second kappa shape index (κ2) is 9.67. The summed E-state index contributed by atoms with van der Waals surface area (Å²) >= 11 is 0. The molecule has 2 rings (SSSR count). The van der Waals surface area contributed by atoms with Gasteiger partial charge in [0.1, 0.15) is 5.75 Å². The highest BCUT2D eigenvalue weighted by molar-refractivity contribution is 5.85. The van der Waals surface area contributed by atoms with E-state index in [1.54, 1.807) is 12.1 Å². The maximum Gasteiger partial charge on any atom is 0.387 e. The van der Waals surface area contributed by atoms with Crippen molar-refractivity contribution in [2.45, 2.75) is 39.3 Å². The number of carbonyl (C=O) groups is 1. The van der Waals surface area contributed by atoms with Crippen molar-refractivity contribution in [2.24, 2.45) is 5.92 Å². The first-order valence-electron chi connectivity index (χ1n) is 7.56. The molecule has 0 aliphatic carbocycles. The molecule has 1 aromatic carbocycles. The zero-order valence-electron chi connectivity index (χ0n) is 13.1. The van der Waals surface area contributed by atoms with E-state index in [0.29, 0.717) is 17.9 Å². The summed E-state index contributed by atoms with van der Waals surface area (Å²) in [5.41, 5.74) is 1.50. The first-order valence-corrected chi connectivity index (χ1v) is 7.56. The number of amides is 1. The number of carbonyl (C=O) groups excluding carboxylic acids is 1. The van der Waals surface area contributed by atoms with Crippen LogP contribution in [0.1, 0.15) is 30.4 Å². The molecule has 2 N–H and O–H groups in total. The molecule has 1 saturated heterocycles. The van der Waals surface area contributed by atoms with Gasteiger partial charge in [-0.3, -0.25) is 4.79 Å². The number of alkyl halides is 2. The summed E-state index contributed by atoms with van der Waals surface area (Å²) in [7, 11) is 0. The van der Waals surface area contributed by atoms with E-state index in [0.717, 1.165) is 31.5 Å². The number of rotatable bonds is 7. The van der Waals surface area contributed by atoms with Crippen molar-refractivity contribution in [1.29, 1.82) is 0 Å². The van der Waals surface area contributed by atoms with Crippen molar-refractivity contribution in [2.75, 3.05) is 13.1 Å². The largest absolute Gasteiger partial charge is 0.434 e. The average molecular weight is 349 g/mol. The highest BCUT2D eigenvalue weighted by atomic mass is 35.5. The molecular formula is C16H23ClF2N2O2. The van der Waals surface area contributed by atoms with Gasteiger partial charge in [-0.15, -0.1) is 12.4 Å². The van der Waals surface area contributed by atoms with Crippen LogP contribution in [0.25, 0.3) is 0 Å². The summed E-state index contributed by atoms with van der Waals surface area (Å²) in [6.07, 6.45) is 2.42. The standard InChI is InChI=1S/C16H22F2N2O2.ClH/c1-11-2-4-14(22-16(17)18)13(8-11)10-20-15(21)5-3-12-6-7-19-9-12;/h2,4,8,12,16,19H,3,5-7,9-10H2,1H3,(H,20,21);1H. The summed E-state index contributed by atoms with van der Waals surface area (Å²) in [6.45, 7) is 1.18. The van der Waals surface area contributed by atoms with Crippen LogP contribution in [0.3, 0.4) is 0 Å². The summed E-state index contributed by atoms with van der Waals surface area (Å²) in [5, 5.41) is 6.05. The van der Waals surface area contributed by atoms with Crippen molar-refractivity contribution in [3.63, 3.8) is 0 Å². The molecule has 1 fully saturated rings. The van der Waals surface area contributed by atoms with Gasteiger partial charge in [0.05, 0.1) is 0 Å². The fourth-order valence-electron chi connectivity index (χ4n) is 2.64. The van der Waals surface area contributed by atoms with Gasteiger partial charge in [-0.25, -0.2) is 0 Å². The van der Waals surface area contributed by atoms with E-state index in [2.05, 4.69) is 15.4 Å². The molecule has 0 aromatic heterocycles. The topological polar surface area (TPSA) is 50.4 Å². The Kier molecular flexibility index (Phi) is 8.26. The van der Waals surface area contributed by atoms with Crippen molar-refractivity contribution in [3.8, 4) is 5.75 Å². The van der Waals surface area contributed by atoms with E-state index in [4.69, 9.17) is 0 Å². The first-order chi connectivity index (χ1) is 10.5. The van der Waals surface area contributed by atoms with E-state index in [-0.39, 0.29) is 30.6 Å². The second-order valence-electron chi connectivity index (χ2n) is 5.66. The molecule has 1 unspecified atom stereocenters. The lowest BCUT2D eigenvalue weighted by atomic mass is 10.0. The Morgan fingerprint density at radius 1 is 1.48 bits per heavy atom. The van der Waals surface area contributed by atoms with Gasteiger partial charge >= 0.3 is 6.61 Å². The normalized spacial score (nSPS) is 17.0. The molecule has 0 bridgehead atoms. The van der Waals surface area contributed by atoms with Crippen LogP contribution in [0.2, 0.25) is 0 Å². The Balaban J connectivity index is 0.00000264. The molecule has 1 heterocycles. The highest BCUT2D eigenvalue weighted by Gasteiger charge is 2.16. The Morgan fingerprint density at radius 3 is 2.91 bits per heavy atom. The monoisotopic (exact) mass is 348 g/mol. The van der Waals surface area contributed by atoms with Gasteiger partial charge in [-0.2, -0.15) is 8.78 Å². The van der Waals surface area contributed by atoms with Gasteiger partial charge < -0.3 is 15.4 Å². The summed E-state index contributed by atoms with van der Waals surface area (Å²) in [6, 6.07) is 4.96. The van der Waals surface area contributed by atoms with Crippen LogP contribution in [0.4, 0.5) is 8.78 Å². The summed E-state index contributed by atoms with van der Waals surface area (Å²) in [4.78, 5) is 11.9. The maximum atomic E-state index is 12.4. The number of hydrogen-bond acceptors (Lipinski definition) is 3. The number of hydrogen-bond donors (Lipinski definition) is 2. The number of ether oxygens (including phenoxy) is 1. The third kappa shape index (κ3) is 6.71. The molecular weight excluding hydrogens is 326 g/mol. The Hall–Kier alpha value is -1.40. The lowest BCUT2D eigenvalue weighted by Crippen LogP contribution is -2.24. The van der Waals surface area contributed by atoms with Crippen LogP contribution in [0.15, 0.2) is 18.2 Å². The molecule has 0 spiro atoms. The molecule has 1 atom stereocenters. The smallest absolute Gasteiger partial charge is 0.387 e. The molecule has 0 saturated carbocycles.